The number of hydrogen-bond donors (Lipinski definition) is 1. The van der Waals surface area contributed by atoms with Crippen LogP contribution in [0.5, 0.6) is 0 Å². The summed E-state index contributed by atoms with van der Waals surface area (Å²) in [4.78, 5) is 10.2. The van der Waals surface area contributed by atoms with E-state index in [1.807, 2.05) is 6.92 Å². The van der Waals surface area contributed by atoms with Crippen molar-refractivity contribution in [2.45, 2.75) is 51.9 Å². The van der Waals surface area contributed by atoms with E-state index in [0.29, 0.717) is 6.42 Å². The third kappa shape index (κ3) is 14.3. The Morgan fingerprint density at radius 2 is 1.71 bits per heavy atom. The first-order valence-electron chi connectivity index (χ1n) is 5.10. The van der Waals surface area contributed by atoms with Crippen molar-refractivity contribution in [3.05, 3.63) is 12.2 Å². The number of rotatable bonds is 8. The SMILES string of the molecule is C/C=C\CCCCCCCC(=O)O.[Cu+2]. The summed E-state index contributed by atoms with van der Waals surface area (Å²) in [5, 5.41) is 8.38. The molecule has 0 unspecified atom stereocenters. The van der Waals surface area contributed by atoms with Crippen LogP contribution in [-0.4, -0.2) is 11.1 Å². The van der Waals surface area contributed by atoms with E-state index in [2.05, 4.69) is 12.2 Å². The van der Waals surface area contributed by atoms with Crippen LogP contribution in [0.25, 0.3) is 0 Å². The molecule has 0 heterocycles. The summed E-state index contributed by atoms with van der Waals surface area (Å²) in [7, 11) is 0. The van der Waals surface area contributed by atoms with Gasteiger partial charge in [-0.2, -0.15) is 0 Å². The van der Waals surface area contributed by atoms with Gasteiger partial charge in [0.15, 0.2) is 0 Å². The van der Waals surface area contributed by atoms with Crippen LogP contribution < -0.4 is 0 Å². The molecule has 0 aliphatic carbocycles. The van der Waals surface area contributed by atoms with Gasteiger partial charge in [-0.3, -0.25) is 4.79 Å². The molecule has 0 aliphatic rings. The number of allylic oxidation sites excluding steroid dienone is 2. The van der Waals surface area contributed by atoms with Gasteiger partial charge in [0.25, 0.3) is 0 Å². The Kier molecular flexibility index (Phi) is 14.7. The Balaban J connectivity index is 0. The summed E-state index contributed by atoms with van der Waals surface area (Å²) in [5.41, 5.74) is 0. The summed E-state index contributed by atoms with van der Waals surface area (Å²) in [6.45, 7) is 2.03. The van der Waals surface area contributed by atoms with E-state index < -0.39 is 5.97 Å². The number of unbranched alkanes of at least 4 members (excludes halogenated alkanes) is 5. The Labute approximate surface area is 97.3 Å². The van der Waals surface area contributed by atoms with Crippen LogP contribution in [-0.2, 0) is 21.9 Å². The Morgan fingerprint density at radius 3 is 2.29 bits per heavy atom. The van der Waals surface area contributed by atoms with Crippen molar-refractivity contribution in [1.82, 2.24) is 0 Å². The second kappa shape index (κ2) is 12.7. The molecule has 0 aromatic rings. The van der Waals surface area contributed by atoms with Crippen LogP contribution in [0.2, 0.25) is 0 Å². The van der Waals surface area contributed by atoms with Crippen molar-refractivity contribution in [2.75, 3.05) is 0 Å². The molecule has 0 amide bonds. The minimum absolute atomic E-state index is 0. The fraction of sp³-hybridized carbons (Fsp3) is 0.727. The molecule has 2 nitrogen and oxygen atoms in total. The van der Waals surface area contributed by atoms with Crippen molar-refractivity contribution in [3.8, 4) is 0 Å². The predicted molar refractivity (Wildman–Crippen MR) is 54.8 cm³/mol. The second-order valence-corrected chi connectivity index (χ2v) is 3.27. The summed E-state index contributed by atoms with van der Waals surface area (Å²) in [6.07, 6.45) is 11.3. The summed E-state index contributed by atoms with van der Waals surface area (Å²) >= 11 is 0. The van der Waals surface area contributed by atoms with E-state index in [1.54, 1.807) is 0 Å². The van der Waals surface area contributed by atoms with E-state index in [4.69, 9.17) is 5.11 Å². The molecule has 0 saturated heterocycles. The van der Waals surface area contributed by atoms with E-state index >= 15 is 0 Å². The van der Waals surface area contributed by atoms with Crippen LogP contribution in [0.15, 0.2) is 12.2 Å². The number of aliphatic carboxylic acids is 1. The smallest absolute Gasteiger partial charge is 0.481 e. The number of hydrogen-bond acceptors (Lipinski definition) is 1. The van der Waals surface area contributed by atoms with E-state index in [0.717, 1.165) is 19.3 Å². The Bertz CT molecular complexity index is 155. The van der Waals surface area contributed by atoms with Crippen molar-refractivity contribution < 1.29 is 27.0 Å². The van der Waals surface area contributed by atoms with Gasteiger partial charge in [0, 0.05) is 6.42 Å². The molecule has 0 atom stereocenters. The van der Waals surface area contributed by atoms with Crippen molar-refractivity contribution in [3.63, 3.8) is 0 Å². The van der Waals surface area contributed by atoms with Gasteiger partial charge in [-0.25, -0.2) is 0 Å². The molecule has 0 fully saturated rings. The molecule has 0 aliphatic heterocycles. The van der Waals surface area contributed by atoms with Crippen LogP contribution in [0.1, 0.15) is 51.9 Å². The molecule has 0 rings (SSSR count). The maximum atomic E-state index is 10.2. The minimum Gasteiger partial charge on any atom is -0.481 e. The van der Waals surface area contributed by atoms with E-state index in [-0.39, 0.29) is 17.1 Å². The Morgan fingerprint density at radius 1 is 1.14 bits per heavy atom. The van der Waals surface area contributed by atoms with Crippen LogP contribution in [0.4, 0.5) is 0 Å². The zero-order valence-electron chi connectivity index (χ0n) is 8.76. The molecule has 0 spiro atoms. The maximum absolute atomic E-state index is 10.2. The molecule has 0 bridgehead atoms. The quantitative estimate of drug-likeness (QED) is 0.406. The van der Waals surface area contributed by atoms with Gasteiger partial charge in [-0.05, 0) is 26.2 Å². The largest absolute Gasteiger partial charge is 2.00 e. The average Bonchev–Trinajstić information content (AvgIpc) is 2.09. The molecule has 0 aromatic heterocycles. The van der Waals surface area contributed by atoms with Gasteiger partial charge in [0.2, 0.25) is 0 Å². The topological polar surface area (TPSA) is 37.3 Å². The first kappa shape index (κ1) is 16.2. The fourth-order valence-corrected chi connectivity index (χ4v) is 1.24. The van der Waals surface area contributed by atoms with E-state index in [1.165, 1.54) is 19.3 Å². The molecular weight excluding hydrogens is 228 g/mol. The number of carboxylic acids is 1. The molecule has 0 saturated carbocycles. The Hall–Kier alpha value is -0.271. The summed E-state index contributed by atoms with van der Waals surface area (Å²) in [5.74, 6) is -0.672. The fourth-order valence-electron chi connectivity index (χ4n) is 1.24. The van der Waals surface area contributed by atoms with Gasteiger partial charge in [0.1, 0.15) is 0 Å². The van der Waals surface area contributed by atoms with Gasteiger partial charge in [-0.1, -0.05) is 31.4 Å². The van der Waals surface area contributed by atoms with Crippen molar-refractivity contribution in [1.29, 1.82) is 0 Å². The molecule has 0 aromatic carbocycles. The standard InChI is InChI=1S/C11H20O2.Cu/c1-2-3-4-5-6-7-8-9-10-11(12)13;/h2-3H,4-10H2,1H3,(H,12,13);/q;+2/b3-2-;. The molecule has 1 N–H and O–H groups in total. The third-order valence-corrected chi connectivity index (χ3v) is 2.00. The maximum Gasteiger partial charge on any atom is 2.00 e. The van der Waals surface area contributed by atoms with Crippen molar-refractivity contribution >= 4 is 5.97 Å². The second-order valence-electron chi connectivity index (χ2n) is 3.27. The summed E-state index contributed by atoms with van der Waals surface area (Å²) in [6, 6.07) is 0. The normalized spacial score (nSPS) is 10.1. The molecular formula is C11H20CuO2+2. The van der Waals surface area contributed by atoms with Crippen LogP contribution >= 0.6 is 0 Å². The first-order chi connectivity index (χ1) is 6.27. The van der Waals surface area contributed by atoms with Crippen LogP contribution in [0.3, 0.4) is 0 Å². The summed E-state index contributed by atoms with van der Waals surface area (Å²) < 4.78 is 0. The zero-order valence-corrected chi connectivity index (χ0v) is 9.70. The predicted octanol–water partition coefficient (Wildman–Crippen LogP) is 3.38. The number of carbonyl (C=O) groups is 1. The zero-order chi connectivity index (χ0) is 9.94. The van der Waals surface area contributed by atoms with Gasteiger partial charge in [0.05, 0.1) is 0 Å². The monoisotopic (exact) mass is 247 g/mol. The molecule has 14 heavy (non-hydrogen) atoms. The molecule has 3 heteroatoms. The molecule has 85 valence electrons. The average molecular weight is 248 g/mol. The van der Waals surface area contributed by atoms with Crippen molar-refractivity contribution in [2.24, 2.45) is 0 Å². The third-order valence-electron chi connectivity index (χ3n) is 2.00. The van der Waals surface area contributed by atoms with Gasteiger partial charge < -0.3 is 5.11 Å². The van der Waals surface area contributed by atoms with Crippen LogP contribution in [0, 0.1) is 0 Å². The number of carboxylic acid groups (broad SMARTS) is 1. The first-order valence-corrected chi connectivity index (χ1v) is 5.10. The van der Waals surface area contributed by atoms with E-state index in [9.17, 15) is 4.79 Å². The van der Waals surface area contributed by atoms with Gasteiger partial charge in [-0.15, -0.1) is 0 Å². The molecule has 1 radical (unpaired) electrons. The minimum atomic E-state index is -0.672. The van der Waals surface area contributed by atoms with Gasteiger partial charge >= 0.3 is 23.0 Å².